The number of hydrogen-bond donors (Lipinski definition) is 0. The molecule has 0 amide bonds. The van der Waals surface area contributed by atoms with Crippen LogP contribution < -0.4 is 4.74 Å². The highest BCUT2D eigenvalue weighted by molar-refractivity contribution is 5.65. The van der Waals surface area contributed by atoms with Gasteiger partial charge in [0.05, 0.1) is 6.61 Å². The van der Waals surface area contributed by atoms with Gasteiger partial charge in [-0.1, -0.05) is 95.9 Å². The van der Waals surface area contributed by atoms with Gasteiger partial charge in [-0.05, 0) is 67.2 Å². The first-order valence-corrected chi connectivity index (χ1v) is 13.8. The van der Waals surface area contributed by atoms with Crippen molar-refractivity contribution in [1.29, 1.82) is 0 Å². The molecule has 0 bridgehead atoms. The van der Waals surface area contributed by atoms with Gasteiger partial charge in [-0.3, -0.25) is 0 Å². The van der Waals surface area contributed by atoms with E-state index in [0.29, 0.717) is 18.1 Å². The first-order chi connectivity index (χ1) is 16.6. The van der Waals surface area contributed by atoms with E-state index in [1.807, 2.05) is 12.1 Å². The molecule has 0 aliphatic heterocycles. The van der Waals surface area contributed by atoms with E-state index >= 15 is 0 Å². The monoisotopic (exact) mass is 470 g/mol. The van der Waals surface area contributed by atoms with Gasteiger partial charge >= 0.3 is 0 Å². The Morgan fingerprint density at radius 3 is 2.06 bits per heavy atom. The number of halogens is 2. The van der Waals surface area contributed by atoms with Crippen molar-refractivity contribution in [2.45, 2.75) is 110 Å². The SMILES string of the molecule is CCCCCCCCOc1ccc(-c2ccc(C3CCC(CCCCC)CC3)cc2)c(F)c1F. The standard InChI is InChI=1S/C31H44F2O/c1-3-5-7-8-9-11-23-34-29-22-21-28(30(32)31(29)33)27-19-17-26(18-20-27)25-15-13-24(14-16-25)12-10-6-4-2/h17-22,24-25H,3-16,23H2,1-2H3. The Balaban J connectivity index is 1.51. The van der Waals surface area contributed by atoms with Gasteiger partial charge in [0.2, 0.25) is 5.82 Å². The van der Waals surface area contributed by atoms with Crippen molar-refractivity contribution in [1.82, 2.24) is 0 Å². The van der Waals surface area contributed by atoms with E-state index in [1.54, 1.807) is 12.1 Å². The summed E-state index contributed by atoms with van der Waals surface area (Å²) in [6.07, 6.45) is 17.3. The summed E-state index contributed by atoms with van der Waals surface area (Å²) in [7, 11) is 0. The minimum absolute atomic E-state index is 0.0159. The van der Waals surface area contributed by atoms with Gasteiger partial charge < -0.3 is 4.74 Å². The summed E-state index contributed by atoms with van der Waals surface area (Å²) in [5.41, 5.74) is 2.35. The highest BCUT2D eigenvalue weighted by atomic mass is 19.2. The molecule has 1 fully saturated rings. The van der Waals surface area contributed by atoms with Crippen LogP contribution in [0.1, 0.15) is 115 Å². The van der Waals surface area contributed by atoms with E-state index in [4.69, 9.17) is 4.74 Å². The number of benzene rings is 2. The van der Waals surface area contributed by atoms with Crippen molar-refractivity contribution in [2.75, 3.05) is 6.61 Å². The largest absolute Gasteiger partial charge is 0.490 e. The van der Waals surface area contributed by atoms with Crippen LogP contribution in [0.25, 0.3) is 11.1 Å². The topological polar surface area (TPSA) is 9.23 Å². The molecular formula is C31H44F2O. The van der Waals surface area contributed by atoms with Gasteiger partial charge in [-0.2, -0.15) is 4.39 Å². The lowest BCUT2D eigenvalue weighted by molar-refractivity contribution is 0.285. The summed E-state index contributed by atoms with van der Waals surface area (Å²) in [6.45, 7) is 4.89. The molecule has 2 aromatic carbocycles. The quantitative estimate of drug-likeness (QED) is 0.250. The van der Waals surface area contributed by atoms with Crippen LogP contribution >= 0.6 is 0 Å². The minimum atomic E-state index is -0.881. The molecule has 1 aliphatic rings. The molecule has 0 heterocycles. The van der Waals surface area contributed by atoms with Crippen LogP contribution in [-0.2, 0) is 0 Å². The second-order valence-corrected chi connectivity index (χ2v) is 10.2. The molecular weight excluding hydrogens is 426 g/mol. The fourth-order valence-corrected chi connectivity index (χ4v) is 5.33. The van der Waals surface area contributed by atoms with E-state index in [1.165, 1.54) is 82.6 Å². The summed E-state index contributed by atoms with van der Waals surface area (Å²) >= 11 is 0. The highest BCUT2D eigenvalue weighted by Gasteiger charge is 2.22. The van der Waals surface area contributed by atoms with E-state index < -0.39 is 11.6 Å². The molecule has 1 nitrogen and oxygen atoms in total. The van der Waals surface area contributed by atoms with Gasteiger partial charge in [-0.15, -0.1) is 0 Å². The van der Waals surface area contributed by atoms with Gasteiger partial charge in [0.25, 0.3) is 0 Å². The molecule has 3 rings (SSSR count). The van der Waals surface area contributed by atoms with Crippen molar-refractivity contribution < 1.29 is 13.5 Å². The first kappa shape index (κ1) is 26.7. The molecule has 0 N–H and O–H groups in total. The smallest absolute Gasteiger partial charge is 0.201 e. The number of rotatable bonds is 14. The van der Waals surface area contributed by atoms with Gasteiger partial charge in [0.15, 0.2) is 11.6 Å². The molecule has 34 heavy (non-hydrogen) atoms. The normalized spacial score (nSPS) is 18.2. The molecule has 0 radical (unpaired) electrons. The van der Waals surface area contributed by atoms with Crippen LogP contribution in [0.2, 0.25) is 0 Å². The predicted molar refractivity (Wildman–Crippen MR) is 140 cm³/mol. The van der Waals surface area contributed by atoms with Crippen molar-refractivity contribution >= 4 is 0 Å². The zero-order valence-electron chi connectivity index (χ0n) is 21.4. The van der Waals surface area contributed by atoms with Crippen molar-refractivity contribution in [3.63, 3.8) is 0 Å². The van der Waals surface area contributed by atoms with E-state index in [9.17, 15) is 8.78 Å². The Morgan fingerprint density at radius 1 is 0.706 bits per heavy atom. The maximum absolute atomic E-state index is 14.8. The van der Waals surface area contributed by atoms with Crippen LogP contribution in [0.3, 0.4) is 0 Å². The molecule has 0 spiro atoms. The predicted octanol–water partition coefficient (Wildman–Crippen LogP) is 10.2. The average molecular weight is 471 g/mol. The fourth-order valence-electron chi connectivity index (χ4n) is 5.33. The maximum atomic E-state index is 14.8. The Bertz CT molecular complexity index is 837. The summed E-state index contributed by atoms with van der Waals surface area (Å²) in [5, 5.41) is 0. The van der Waals surface area contributed by atoms with Crippen LogP contribution in [0.4, 0.5) is 8.78 Å². The minimum Gasteiger partial charge on any atom is -0.490 e. The third kappa shape index (κ3) is 7.82. The highest BCUT2D eigenvalue weighted by Crippen LogP contribution is 2.38. The Kier molecular flexibility index (Phi) is 11.4. The van der Waals surface area contributed by atoms with Gasteiger partial charge in [0, 0.05) is 5.56 Å². The lowest BCUT2D eigenvalue weighted by Gasteiger charge is -2.29. The van der Waals surface area contributed by atoms with E-state index in [0.717, 1.165) is 24.3 Å². The van der Waals surface area contributed by atoms with Gasteiger partial charge in [0.1, 0.15) is 0 Å². The van der Waals surface area contributed by atoms with E-state index in [-0.39, 0.29) is 5.75 Å². The second kappa shape index (κ2) is 14.5. The zero-order valence-corrected chi connectivity index (χ0v) is 21.4. The third-order valence-corrected chi connectivity index (χ3v) is 7.56. The fraction of sp³-hybridized carbons (Fsp3) is 0.613. The lowest BCUT2D eigenvalue weighted by Crippen LogP contribution is -2.13. The van der Waals surface area contributed by atoms with Crippen molar-refractivity contribution in [3.8, 4) is 16.9 Å². The first-order valence-electron chi connectivity index (χ1n) is 13.8. The molecule has 1 saturated carbocycles. The Labute approximate surface area is 206 Å². The van der Waals surface area contributed by atoms with Gasteiger partial charge in [-0.25, -0.2) is 4.39 Å². The molecule has 0 saturated heterocycles. The van der Waals surface area contributed by atoms with Crippen LogP contribution in [-0.4, -0.2) is 6.61 Å². The Hall–Kier alpha value is -1.90. The molecule has 2 aromatic rings. The molecule has 3 heteroatoms. The molecule has 188 valence electrons. The summed E-state index contributed by atoms with van der Waals surface area (Å²) in [6, 6.07) is 11.3. The lowest BCUT2D eigenvalue weighted by atomic mass is 9.77. The zero-order chi connectivity index (χ0) is 24.2. The average Bonchev–Trinajstić information content (AvgIpc) is 2.87. The molecule has 0 unspecified atom stereocenters. The van der Waals surface area contributed by atoms with E-state index in [2.05, 4.69) is 26.0 Å². The molecule has 0 atom stereocenters. The number of unbranched alkanes of at least 4 members (excludes halogenated alkanes) is 7. The maximum Gasteiger partial charge on any atom is 0.201 e. The summed E-state index contributed by atoms with van der Waals surface area (Å²) < 4.78 is 35.0. The van der Waals surface area contributed by atoms with Crippen LogP contribution in [0.15, 0.2) is 36.4 Å². The number of ether oxygens (including phenoxy) is 1. The number of hydrogen-bond acceptors (Lipinski definition) is 1. The molecule has 1 aliphatic carbocycles. The summed E-state index contributed by atoms with van der Waals surface area (Å²) in [5.74, 6) is -0.200. The van der Waals surface area contributed by atoms with Crippen molar-refractivity contribution in [3.05, 3.63) is 53.6 Å². The Morgan fingerprint density at radius 2 is 1.35 bits per heavy atom. The van der Waals surface area contributed by atoms with Crippen LogP contribution in [0, 0.1) is 17.6 Å². The second-order valence-electron chi connectivity index (χ2n) is 10.2. The summed E-state index contributed by atoms with van der Waals surface area (Å²) in [4.78, 5) is 0. The molecule has 0 aromatic heterocycles. The van der Waals surface area contributed by atoms with Crippen molar-refractivity contribution in [2.24, 2.45) is 5.92 Å². The van der Waals surface area contributed by atoms with Crippen LogP contribution in [0.5, 0.6) is 5.75 Å². The third-order valence-electron chi connectivity index (χ3n) is 7.56.